The molecule has 0 aliphatic rings. The monoisotopic (exact) mass is 379 g/mol. The molecule has 0 aliphatic carbocycles. The van der Waals surface area contributed by atoms with E-state index < -0.39 is 28.0 Å². The quantitative estimate of drug-likeness (QED) is 0.649. The van der Waals surface area contributed by atoms with Gasteiger partial charge in [-0.25, -0.2) is 4.79 Å². The molecule has 0 aliphatic heterocycles. The summed E-state index contributed by atoms with van der Waals surface area (Å²) < 4.78 is 41.8. The average Bonchev–Trinajstić information content (AvgIpc) is 2.60. The van der Waals surface area contributed by atoms with Gasteiger partial charge in [-0.2, -0.15) is 8.42 Å². The fourth-order valence-corrected chi connectivity index (χ4v) is 2.90. The maximum Gasteiger partial charge on any atom is 0.407 e. The van der Waals surface area contributed by atoms with E-state index in [0.717, 1.165) is 11.1 Å². The van der Waals surface area contributed by atoms with Gasteiger partial charge >= 0.3 is 6.09 Å². The molecule has 0 bridgehead atoms. The lowest BCUT2D eigenvalue weighted by Crippen LogP contribution is -2.43. The van der Waals surface area contributed by atoms with Gasteiger partial charge < -0.3 is 14.8 Å². The number of amides is 1. The van der Waals surface area contributed by atoms with Crippen LogP contribution in [0.15, 0.2) is 60.7 Å². The zero-order chi connectivity index (χ0) is 18.8. The van der Waals surface area contributed by atoms with Crippen molar-refractivity contribution in [1.29, 1.82) is 0 Å². The summed E-state index contributed by atoms with van der Waals surface area (Å²) >= 11 is 0. The van der Waals surface area contributed by atoms with Crippen LogP contribution in [0, 0.1) is 0 Å². The molecule has 7 nitrogen and oxygen atoms in total. The summed E-state index contributed by atoms with van der Waals surface area (Å²) in [5.41, 5.74) is 1.71. The number of rotatable bonds is 9. The minimum atomic E-state index is -4.28. The largest absolute Gasteiger partial charge is 0.445 e. The molecule has 2 N–H and O–H groups in total. The van der Waals surface area contributed by atoms with E-state index in [1.54, 1.807) is 12.1 Å². The summed E-state index contributed by atoms with van der Waals surface area (Å²) in [6, 6.07) is 17.4. The number of benzene rings is 2. The normalized spacial score (nSPS) is 12.3. The zero-order valence-corrected chi connectivity index (χ0v) is 14.9. The first-order chi connectivity index (χ1) is 12.4. The predicted molar refractivity (Wildman–Crippen MR) is 96.1 cm³/mol. The number of carbonyl (C=O) groups excluding carboxylic acids is 1. The Kier molecular flexibility index (Phi) is 7.58. The van der Waals surface area contributed by atoms with Crippen LogP contribution in [0.4, 0.5) is 4.79 Å². The van der Waals surface area contributed by atoms with Crippen LogP contribution in [-0.4, -0.2) is 37.5 Å². The second kappa shape index (κ2) is 9.91. The summed E-state index contributed by atoms with van der Waals surface area (Å²) in [5.74, 6) is -0.664. The second-order valence-electron chi connectivity index (χ2n) is 5.65. The predicted octanol–water partition coefficient (Wildman–Crippen LogP) is 2.39. The number of hydrogen-bond donors (Lipinski definition) is 2. The van der Waals surface area contributed by atoms with Crippen LogP contribution in [0.25, 0.3) is 0 Å². The lowest BCUT2D eigenvalue weighted by Gasteiger charge is -2.17. The molecule has 2 aromatic rings. The molecule has 26 heavy (non-hydrogen) atoms. The van der Waals surface area contributed by atoms with Gasteiger partial charge in [-0.15, -0.1) is 0 Å². The minimum absolute atomic E-state index is 0.0517. The Hall–Kier alpha value is -2.42. The number of hydrogen-bond acceptors (Lipinski definition) is 5. The molecule has 140 valence electrons. The highest BCUT2D eigenvalue weighted by Gasteiger charge is 2.20. The molecule has 0 radical (unpaired) electrons. The number of alkyl carbamates (subject to hydrolysis) is 1. The summed E-state index contributed by atoms with van der Waals surface area (Å²) in [6.07, 6.45) is -0.786. The van der Waals surface area contributed by atoms with Crippen LogP contribution in [0.2, 0.25) is 0 Å². The van der Waals surface area contributed by atoms with Crippen molar-refractivity contribution < 1.29 is 27.2 Å². The molecule has 0 aromatic heterocycles. The molecule has 0 fully saturated rings. The van der Waals surface area contributed by atoms with Crippen molar-refractivity contribution in [3.63, 3.8) is 0 Å². The Bertz CT molecular complexity index is 780. The molecular formula is C18H21NO6S. The van der Waals surface area contributed by atoms with E-state index >= 15 is 0 Å². The van der Waals surface area contributed by atoms with Crippen molar-refractivity contribution in [2.75, 3.05) is 12.4 Å². The van der Waals surface area contributed by atoms with Gasteiger partial charge in [0.1, 0.15) is 6.61 Å². The molecule has 1 unspecified atom stereocenters. The first-order valence-electron chi connectivity index (χ1n) is 7.96. The van der Waals surface area contributed by atoms with Crippen LogP contribution in [0.1, 0.15) is 11.1 Å². The Labute approximate surface area is 152 Å². The maximum atomic E-state index is 11.9. The first kappa shape index (κ1) is 19.9. The van der Waals surface area contributed by atoms with E-state index in [0.29, 0.717) is 0 Å². The van der Waals surface area contributed by atoms with Gasteiger partial charge in [0.25, 0.3) is 10.1 Å². The highest BCUT2D eigenvalue weighted by atomic mass is 32.2. The van der Waals surface area contributed by atoms with Crippen LogP contribution in [-0.2, 0) is 32.8 Å². The molecule has 8 heteroatoms. The van der Waals surface area contributed by atoms with Gasteiger partial charge in [-0.05, 0) is 11.1 Å². The van der Waals surface area contributed by atoms with Gasteiger partial charge in [0, 0.05) is 0 Å². The Morgan fingerprint density at radius 1 is 0.962 bits per heavy atom. The molecule has 0 saturated heterocycles. The summed E-state index contributed by atoms with van der Waals surface area (Å²) in [4.78, 5) is 11.9. The van der Waals surface area contributed by atoms with E-state index in [1.165, 1.54) is 0 Å². The standard InChI is InChI=1S/C18H21NO6S/c20-18(25-12-16-9-5-2-6-10-16)19-17(14-26(21,22)23)13-24-11-15-7-3-1-4-8-15/h1-10,17H,11-14H2,(H,19,20)(H,21,22,23). The molecule has 1 amide bonds. The fourth-order valence-electron chi connectivity index (χ4n) is 2.21. The van der Waals surface area contributed by atoms with Crippen LogP contribution >= 0.6 is 0 Å². The Morgan fingerprint density at radius 3 is 2.04 bits per heavy atom. The SMILES string of the molecule is O=C(NC(COCc1ccccc1)CS(=O)(=O)O)OCc1ccccc1. The van der Waals surface area contributed by atoms with Crippen molar-refractivity contribution >= 4 is 16.2 Å². The van der Waals surface area contributed by atoms with Crippen LogP contribution < -0.4 is 5.32 Å². The second-order valence-corrected chi connectivity index (χ2v) is 7.15. The first-order valence-corrected chi connectivity index (χ1v) is 9.57. The van der Waals surface area contributed by atoms with Crippen molar-refractivity contribution in [1.82, 2.24) is 5.32 Å². The van der Waals surface area contributed by atoms with E-state index in [4.69, 9.17) is 14.0 Å². The smallest absolute Gasteiger partial charge is 0.407 e. The van der Waals surface area contributed by atoms with E-state index in [1.807, 2.05) is 48.5 Å². The van der Waals surface area contributed by atoms with Crippen molar-refractivity contribution in [3.8, 4) is 0 Å². The van der Waals surface area contributed by atoms with Crippen LogP contribution in [0.5, 0.6) is 0 Å². The molecule has 0 saturated carbocycles. The van der Waals surface area contributed by atoms with Gasteiger partial charge in [0.05, 0.1) is 25.0 Å². The molecule has 0 spiro atoms. The average molecular weight is 379 g/mol. The number of ether oxygens (including phenoxy) is 2. The molecule has 2 rings (SSSR count). The third kappa shape index (κ3) is 8.11. The van der Waals surface area contributed by atoms with E-state index in [9.17, 15) is 13.2 Å². The Morgan fingerprint density at radius 2 is 1.50 bits per heavy atom. The molecule has 0 heterocycles. The fraction of sp³-hybridized carbons (Fsp3) is 0.278. The van der Waals surface area contributed by atoms with Crippen molar-refractivity contribution in [2.24, 2.45) is 0 Å². The number of carbonyl (C=O) groups is 1. The summed E-state index contributed by atoms with van der Waals surface area (Å²) in [5, 5.41) is 2.40. The number of nitrogens with one attached hydrogen (secondary N) is 1. The third-order valence-electron chi connectivity index (χ3n) is 3.38. The summed E-state index contributed by atoms with van der Waals surface area (Å²) in [6.45, 7) is 0.217. The maximum absolute atomic E-state index is 11.9. The van der Waals surface area contributed by atoms with E-state index in [-0.39, 0.29) is 19.8 Å². The van der Waals surface area contributed by atoms with Crippen molar-refractivity contribution in [2.45, 2.75) is 19.3 Å². The lowest BCUT2D eigenvalue weighted by molar-refractivity contribution is 0.0930. The summed E-state index contributed by atoms with van der Waals surface area (Å²) in [7, 11) is -4.28. The highest BCUT2D eigenvalue weighted by molar-refractivity contribution is 7.85. The van der Waals surface area contributed by atoms with Gasteiger partial charge in [0.2, 0.25) is 0 Å². The van der Waals surface area contributed by atoms with Gasteiger partial charge in [-0.1, -0.05) is 60.7 Å². The minimum Gasteiger partial charge on any atom is -0.445 e. The van der Waals surface area contributed by atoms with Gasteiger partial charge in [-0.3, -0.25) is 4.55 Å². The molecule has 2 aromatic carbocycles. The molecule has 1 atom stereocenters. The van der Waals surface area contributed by atoms with Gasteiger partial charge in [0.15, 0.2) is 0 Å². The van der Waals surface area contributed by atoms with Crippen LogP contribution in [0.3, 0.4) is 0 Å². The highest BCUT2D eigenvalue weighted by Crippen LogP contribution is 2.04. The Balaban J connectivity index is 1.84. The van der Waals surface area contributed by atoms with Crippen molar-refractivity contribution in [3.05, 3.63) is 71.8 Å². The third-order valence-corrected chi connectivity index (χ3v) is 4.20. The molecular weight excluding hydrogens is 358 g/mol. The topological polar surface area (TPSA) is 102 Å². The zero-order valence-electron chi connectivity index (χ0n) is 14.1. The lowest BCUT2D eigenvalue weighted by atomic mass is 10.2. The van der Waals surface area contributed by atoms with E-state index in [2.05, 4.69) is 5.32 Å².